The Labute approximate surface area is 151 Å². The van der Waals surface area contributed by atoms with E-state index in [0.717, 1.165) is 23.4 Å². The van der Waals surface area contributed by atoms with Crippen LogP contribution in [-0.2, 0) is 11.2 Å². The van der Waals surface area contributed by atoms with Gasteiger partial charge in [-0.3, -0.25) is 4.79 Å². The molecule has 1 aromatic heterocycles. The molecule has 1 aromatic carbocycles. The predicted molar refractivity (Wildman–Crippen MR) is 99.8 cm³/mol. The third kappa shape index (κ3) is 4.48. The molecule has 25 heavy (non-hydrogen) atoms. The highest BCUT2D eigenvalue weighted by molar-refractivity contribution is 7.18. The van der Waals surface area contributed by atoms with Gasteiger partial charge in [-0.2, -0.15) is 0 Å². The van der Waals surface area contributed by atoms with Gasteiger partial charge in [0, 0.05) is 39.1 Å². The van der Waals surface area contributed by atoms with E-state index in [0.29, 0.717) is 39.1 Å². The SMILES string of the molecule is CCNC(=O)N1CCN(C(=O)CCCc2nc3ccccc3s2)CC1. The number of hydrogen-bond donors (Lipinski definition) is 1. The van der Waals surface area contributed by atoms with Crippen LogP contribution in [0.5, 0.6) is 0 Å². The number of nitrogens with one attached hydrogen (secondary N) is 1. The van der Waals surface area contributed by atoms with Gasteiger partial charge in [0.2, 0.25) is 5.91 Å². The summed E-state index contributed by atoms with van der Waals surface area (Å²) in [5.41, 5.74) is 1.04. The molecule has 0 spiro atoms. The summed E-state index contributed by atoms with van der Waals surface area (Å²) >= 11 is 1.71. The van der Waals surface area contributed by atoms with Crippen molar-refractivity contribution < 1.29 is 9.59 Å². The zero-order chi connectivity index (χ0) is 17.6. The van der Waals surface area contributed by atoms with Gasteiger partial charge < -0.3 is 15.1 Å². The summed E-state index contributed by atoms with van der Waals surface area (Å²) in [6.07, 6.45) is 2.19. The van der Waals surface area contributed by atoms with Crippen LogP contribution in [0.4, 0.5) is 4.79 Å². The number of aryl methyl sites for hydroxylation is 1. The first kappa shape index (κ1) is 17.7. The summed E-state index contributed by atoms with van der Waals surface area (Å²) < 4.78 is 1.20. The highest BCUT2D eigenvalue weighted by atomic mass is 32.1. The van der Waals surface area contributed by atoms with E-state index < -0.39 is 0 Å². The Balaban J connectivity index is 1.42. The molecule has 1 N–H and O–H groups in total. The number of rotatable bonds is 5. The average molecular weight is 360 g/mol. The number of carbonyl (C=O) groups excluding carboxylic acids is 2. The smallest absolute Gasteiger partial charge is 0.317 e. The van der Waals surface area contributed by atoms with Crippen LogP contribution in [-0.4, -0.2) is 59.4 Å². The molecule has 1 saturated heterocycles. The number of carbonyl (C=O) groups is 2. The molecule has 6 nitrogen and oxygen atoms in total. The molecule has 0 unspecified atom stereocenters. The molecule has 0 saturated carbocycles. The van der Waals surface area contributed by atoms with Crippen molar-refractivity contribution in [1.29, 1.82) is 0 Å². The monoisotopic (exact) mass is 360 g/mol. The maximum Gasteiger partial charge on any atom is 0.317 e. The zero-order valence-corrected chi connectivity index (χ0v) is 15.3. The van der Waals surface area contributed by atoms with Crippen molar-refractivity contribution in [3.8, 4) is 0 Å². The standard InChI is InChI=1S/C18H24N4O2S/c1-2-19-18(24)22-12-10-21(11-13-22)17(23)9-5-8-16-20-14-6-3-4-7-15(14)25-16/h3-4,6-7H,2,5,8-13H2,1H3,(H,19,24). The number of amides is 3. The molecule has 7 heteroatoms. The van der Waals surface area contributed by atoms with Crippen LogP contribution >= 0.6 is 11.3 Å². The van der Waals surface area contributed by atoms with Gasteiger partial charge in [-0.15, -0.1) is 11.3 Å². The number of aromatic nitrogens is 1. The van der Waals surface area contributed by atoms with Gasteiger partial charge in [-0.1, -0.05) is 12.1 Å². The first-order valence-corrected chi connectivity index (χ1v) is 9.64. The van der Waals surface area contributed by atoms with Crippen LogP contribution in [0.1, 0.15) is 24.8 Å². The fourth-order valence-electron chi connectivity index (χ4n) is 3.00. The molecule has 1 aliphatic rings. The van der Waals surface area contributed by atoms with E-state index in [2.05, 4.69) is 16.4 Å². The molecule has 3 rings (SSSR count). The van der Waals surface area contributed by atoms with E-state index in [1.807, 2.05) is 30.0 Å². The Morgan fingerprint density at radius 3 is 2.60 bits per heavy atom. The summed E-state index contributed by atoms with van der Waals surface area (Å²) in [7, 11) is 0. The van der Waals surface area contributed by atoms with Gasteiger partial charge in [-0.05, 0) is 31.9 Å². The van der Waals surface area contributed by atoms with Crippen molar-refractivity contribution in [3.05, 3.63) is 29.3 Å². The van der Waals surface area contributed by atoms with E-state index in [1.165, 1.54) is 4.70 Å². The molecular weight excluding hydrogens is 336 g/mol. The Hall–Kier alpha value is -2.15. The Kier molecular flexibility index (Phi) is 5.86. The number of benzene rings is 1. The largest absolute Gasteiger partial charge is 0.339 e. The number of hydrogen-bond acceptors (Lipinski definition) is 4. The lowest BCUT2D eigenvalue weighted by Crippen LogP contribution is -2.53. The zero-order valence-electron chi connectivity index (χ0n) is 14.5. The van der Waals surface area contributed by atoms with Gasteiger partial charge in [0.15, 0.2) is 0 Å². The quantitative estimate of drug-likeness (QED) is 0.891. The molecule has 1 aliphatic heterocycles. The summed E-state index contributed by atoms with van der Waals surface area (Å²) in [5, 5.41) is 3.89. The third-order valence-corrected chi connectivity index (χ3v) is 5.46. The molecular formula is C18H24N4O2S. The first-order valence-electron chi connectivity index (χ1n) is 8.82. The van der Waals surface area contributed by atoms with Crippen LogP contribution in [0.15, 0.2) is 24.3 Å². The summed E-state index contributed by atoms with van der Waals surface area (Å²) in [6, 6.07) is 8.08. The predicted octanol–water partition coefficient (Wildman–Crippen LogP) is 2.49. The number of thiazole rings is 1. The molecule has 0 atom stereocenters. The van der Waals surface area contributed by atoms with Gasteiger partial charge in [0.05, 0.1) is 15.2 Å². The lowest BCUT2D eigenvalue weighted by Gasteiger charge is -2.34. The summed E-state index contributed by atoms with van der Waals surface area (Å²) in [4.78, 5) is 32.4. The minimum atomic E-state index is -0.0366. The van der Waals surface area contributed by atoms with Crippen molar-refractivity contribution in [3.63, 3.8) is 0 Å². The highest BCUT2D eigenvalue weighted by Gasteiger charge is 2.23. The number of nitrogens with zero attached hydrogens (tertiary/aromatic N) is 3. The van der Waals surface area contributed by atoms with Crippen LogP contribution in [0.2, 0.25) is 0 Å². The minimum absolute atomic E-state index is 0.0366. The molecule has 134 valence electrons. The van der Waals surface area contributed by atoms with Crippen LogP contribution < -0.4 is 5.32 Å². The number of piperazine rings is 1. The molecule has 0 bridgehead atoms. The molecule has 0 radical (unpaired) electrons. The topological polar surface area (TPSA) is 65.5 Å². The fourth-order valence-corrected chi connectivity index (χ4v) is 4.01. The molecule has 1 fully saturated rings. The first-order chi connectivity index (χ1) is 12.2. The maximum atomic E-state index is 12.4. The second-order valence-corrected chi connectivity index (χ2v) is 7.25. The second kappa shape index (κ2) is 8.29. The lowest BCUT2D eigenvalue weighted by molar-refractivity contribution is -0.132. The van der Waals surface area contributed by atoms with Crippen molar-refractivity contribution in [1.82, 2.24) is 20.1 Å². The van der Waals surface area contributed by atoms with Crippen molar-refractivity contribution in [2.45, 2.75) is 26.2 Å². The van der Waals surface area contributed by atoms with Crippen LogP contribution in [0.3, 0.4) is 0 Å². The molecule has 2 aromatic rings. The van der Waals surface area contributed by atoms with Gasteiger partial charge in [0.1, 0.15) is 0 Å². The maximum absolute atomic E-state index is 12.4. The van der Waals surface area contributed by atoms with E-state index in [1.54, 1.807) is 16.2 Å². The Morgan fingerprint density at radius 2 is 1.88 bits per heavy atom. The number of fused-ring (bicyclic) bond motifs is 1. The summed E-state index contributed by atoms with van der Waals surface area (Å²) in [5.74, 6) is 0.177. The average Bonchev–Trinajstić information content (AvgIpc) is 3.04. The number of urea groups is 1. The van der Waals surface area contributed by atoms with Crippen molar-refractivity contribution in [2.75, 3.05) is 32.7 Å². The third-order valence-electron chi connectivity index (χ3n) is 4.37. The molecule has 2 heterocycles. The fraction of sp³-hybridized carbons (Fsp3) is 0.500. The molecule has 3 amide bonds. The van der Waals surface area contributed by atoms with E-state index in [9.17, 15) is 9.59 Å². The molecule has 0 aliphatic carbocycles. The van der Waals surface area contributed by atoms with Crippen molar-refractivity contribution in [2.24, 2.45) is 0 Å². The van der Waals surface area contributed by atoms with Crippen LogP contribution in [0.25, 0.3) is 10.2 Å². The summed E-state index contributed by atoms with van der Waals surface area (Å²) in [6.45, 7) is 4.99. The van der Waals surface area contributed by atoms with Crippen molar-refractivity contribution >= 4 is 33.5 Å². The van der Waals surface area contributed by atoms with E-state index in [-0.39, 0.29) is 11.9 Å². The lowest BCUT2D eigenvalue weighted by atomic mass is 10.2. The van der Waals surface area contributed by atoms with E-state index >= 15 is 0 Å². The van der Waals surface area contributed by atoms with E-state index in [4.69, 9.17) is 0 Å². The second-order valence-electron chi connectivity index (χ2n) is 6.13. The normalized spacial score (nSPS) is 14.8. The highest BCUT2D eigenvalue weighted by Crippen LogP contribution is 2.22. The van der Waals surface area contributed by atoms with Gasteiger partial charge in [0.25, 0.3) is 0 Å². The van der Waals surface area contributed by atoms with Gasteiger partial charge >= 0.3 is 6.03 Å². The Bertz CT molecular complexity index is 705. The van der Waals surface area contributed by atoms with Crippen LogP contribution in [0, 0.1) is 0 Å². The van der Waals surface area contributed by atoms with Gasteiger partial charge in [-0.25, -0.2) is 9.78 Å². The Morgan fingerprint density at radius 1 is 1.16 bits per heavy atom. The number of para-hydroxylation sites is 1. The minimum Gasteiger partial charge on any atom is -0.339 e.